The molecule has 0 unspecified atom stereocenters. The number of rotatable bonds is 23. The van der Waals surface area contributed by atoms with E-state index in [0.29, 0.717) is 76.6 Å². The molecule has 68 heavy (non-hydrogen) atoms. The Labute approximate surface area is 400 Å². The van der Waals surface area contributed by atoms with Crippen molar-refractivity contribution in [1.82, 2.24) is 49.5 Å². The van der Waals surface area contributed by atoms with Crippen molar-refractivity contribution >= 4 is 0 Å². The van der Waals surface area contributed by atoms with Gasteiger partial charge in [-0.05, 0) is 110 Å². The highest BCUT2D eigenvalue weighted by atomic mass is 16.3. The van der Waals surface area contributed by atoms with E-state index in [-0.39, 0.29) is 11.5 Å². The minimum Gasteiger partial charge on any atom is -0.507 e. The van der Waals surface area contributed by atoms with E-state index in [4.69, 9.17) is 0 Å². The third-order valence-corrected chi connectivity index (χ3v) is 11.9. The lowest BCUT2D eigenvalue weighted by Crippen LogP contribution is -2.35. The minimum atomic E-state index is 0.150. The van der Waals surface area contributed by atoms with Crippen LogP contribution in [0.5, 0.6) is 11.5 Å². The summed E-state index contributed by atoms with van der Waals surface area (Å²) in [6.45, 7) is 11.6. The molecule has 2 aromatic carbocycles. The molecule has 0 saturated heterocycles. The highest BCUT2D eigenvalue weighted by Crippen LogP contribution is 2.41. The van der Waals surface area contributed by atoms with Crippen LogP contribution in [0.15, 0.2) is 171 Å². The number of aromatic nitrogens is 6. The first-order valence-electron chi connectivity index (χ1n) is 23.3. The van der Waals surface area contributed by atoms with E-state index in [1.807, 2.05) is 160 Å². The Morgan fingerprint density at radius 1 is 0.324 bits per heavy atom. The molecule has 0 atom stereocenters. The summed E-state index contributed by atoms with van der Waals surface area (Å²) in [6.07, 6.45) is 11.0. The minimum absolute atomic E-state index is 0.150. The van der Waals surface area contributed by atoms with E-state index < -0.39 is 0 Å². The van der Waals surface area contributed by atoms with Crippen LogP contribution in [0, 0.1) is 13.8 Å². The quantitative estimate of drug-likeness (QED) is 0.0635. The molecular formula is C56H60N10O2. The van der Waals surface area contributed by atoms with E-state index in [1.165, 1.54) is 0 Å². The lowest BCUT2D eigenvalue weighted by molar-refractivity contribution is 0.178. The number of aromatic hydroxyl groups is 2. The molecule has 0 aliphatic rings. The van der Waals surface area contributed by atoms with Crippen molar-refractivity contribution < 1.29 is 10.2 Å². The molecule has 2 N–H and O–H groups in total. The standard InChI is InChI=1S/C56H60N10O2/c1-43-31-45(35-63(37-47-15-3-9-21-57-47)27-29-65(39-49-17-5-11-23-59-49)40-50-18-6-12-24-60-50)55(67)53(33-43)54-34-44(2)32-46(56(54)68)36-64(38-48-16-4-10-22-58-48)28-30-66(41-51-19-7-13-25-61-51)42-52-20-8-14-26-62-52/h3-26,31-34,67-68H,27-30,35-42H2,1-2H3. The second-order valence-corrected chi connectivity index (χ2v) is 17.4. The Kier molecular flexibility index (Phi) is 16.7. The zero-order valence-electron chi connectivity index (χ0n) is 39.0. The van der Waals surface area contributed by atoms with Crippen molar-refractivity contribution in [2.45, 2.75) is 66.2 Å². The zero-order valence-corrected chi connectivity index (χ0v) is 39.0. The van der Waals surface area contributed by atoms with Gasteiger partial charge in [0.2, 0.25) is 0 Å². The Balaban J connectivity index is 1.05. The lowest BCUT2D eigenvalue weighted by Gasteiger charge is -2.28. The fraction of sp³-hybridized carbons (Fsp3) is 0.250. The largest absolute Gasteiger partial charge is 0.507 e. The summed E-state index contributed by atoms with van der Waals surface area (Å²) in [6, 6.07) is 44.0. The van der Waals surface area contributed by atoms with Gasteiger partial charge in [0.15, 0.2) is 0 Å². The Hall–Kier alpha value is -7.22. The highest BCUT2D eigenvalue weighted by Gasteiger charge is 2.22. The van der Waals surface area contributed by atoms with Crippen molar-refractivity contribution in [2.24, 2.45) is 0 Å². The van der Waals surface area contributed by atoms with Crippen molar-refractivity contribution in [3.63, 3.8) is 0 Å². The summed E-state index contributed by atoms with van der Waals surface area (Å²) in [4.78, 5) is 37.3. The molecule has 0 bridgehead atoms. The van der Waals surface area contributed by atoms with Crippen LogP contribution in [-0.4, -0.2) is 85.9 Å². The summed E-state index contributed by atoms with van der Waals surface area (Å²) in [5, 5.41) is 24.6. The number of hydrogen-bond donors (Lipinski definition) is 2. The van der Waals surface area contributed by atoms with Gasteiger partial charge in [-0.1, -0.05) is 48.5 Å². The molecule has 346 valence electrons. The molecule has 6 aromatic heterocycles. The van der Waals surface area contributed by atoms with Gasteiger partial charge in [0, 0.05) is 138 Å². The topological polar surface area (TPSA) is 131 Å². The average Bonchev–Trinajstić information content (AvgIpc) is 3.36. The van der Waals surface area contributed by atoms with E-state index in [0.717, 1.165) is 69.5 Å². The maximum absolute atomic E-state index is 12.3. The smallest absolute Gasteiger partial charge is 0.128 e. The maximum Gasteiger partial charge on any atom is 0.128 e. The second kappa shape index (κ2) is 24.0. The summed E-state index contributed by atoms with van der Waals surface area (Å²) < 4.78 is 0. The van der Waals surface area contributed by atoms with E-state index in [1.54, 1.807) is 0 Å². The molecule has 0 fully saturated rings. The molecular weight excluding hydrogens is 845 g/mol. The first-order valence-corrected chi connectivity index (χ1v) is 23.3. The molecule has 0 aliphatic carbocycles. The molecule has 0 saturated carbocycles. The van der Waals surface area contributed by atoms with Gasteiger partial charge in [0.25, 0.3) is 0 Å². The predicted octanol–water partition coefficient (Wildman–Crippen LogP) is 9.16. The Morgan fingerprint density at radius 3 is 0.779 bits per heavy atom. The van der Waals surface area contributed by atoms with Crippen LogP contribution in [0.3, 0.4) is 0 Å². The average molecular weight is 905 g/mol. The summed E-state index contributed by atoms with van der Waals surface area (Å²) in [7, 11) is 0. The number of phenols is 2. The fourth-order valence-corrected chi connectivity index (χ4v) is 8.59. The molecule has 0 spiro atoms. The molecule has 8 aromatic rings. The summed E-state index contributed by atoms with van der Waals surface area (Å²) in [5.41, 5.74) is 10.5. The Morgan fingerprint density at radius 2 is 0.559 bits per heavy atom. The van der Waals surface area contributed by atoms with E-state index >= 15 is 0 Å². The first-order chi connectivity index (χ1) is 33.3. The maximum atomic E-state index is 12.3. The van der Waals surface area contributed by atoms with E-state index in [2.05, 4.69) is 73.8 Å². The zero-order chi connectivity index (χ0) is 46.9. The van der Waals surface area contributed by atoms with Crippen LogP contribution < -0.4 is 0 Å². The van der Waals surface area contributed by atoms with Gasteiger partial charge >= 0.3 is 0 Å². The molecule has 0 radical (unpaired) electrons. The molecule has 0 aliphatic heterocycles. The van der Waals surface area contributed by atoms with Gasteiger partial charge < -0.3 is 10.2 Å². The molecule has 8 rings (SSSR count). The van der Waals surface area contributed by atoms with Crippen LogP contribution in [0.2, 0.25) is 0 Å². The lowest BCUT2D eigenvalue weighted by atomic mass is 9.94. The molecule has 12 heteroatoms. The predicted molar refractivity (Wildman–Crippen MR) is 267 cm³/mol. The van der Waals surface area contributed by atoms with Gasteiger partial charge in [0.05, 0.1) is 34.2 Å². The first kappa shape index (κ1) is 47.3. The van der Waals surface area contributed by atoms with Gasteiger partial charge in [0.1, 0.15) is 11.5 Å². The van der Waals surface area contributed by atoms with Crippen molar-refractivity contribution in [3.8, 4) is 22.6 Å². The number of aryl methyl sites for hydroxylation is 2. The van der Waals surface area contributed by atoms with Crippen LogP contribution in [0.25, 0.3) is 11.1 Å². The number of hydrogen-bond acceptors (Lipinski definition) is 12. The van der Waals surface area contributed by atoms with E-state index in [9.17, 15) is 10.2 Å². The van der Waals surface area contributed by atoms with Crippen LogP contribution >= 0.6 is 0 Å². The number of benzene rings is 2. The summed E-state index contributed by atoms with van der Waals surface area (Å²) >= 11 is 0. The van der Waals surface area contributed by atoms with Crippen molar-refractivity contribution in [2.75, 3.05) is 26.2 Å². The normalized spacial score (nSPS) is 11.6. The van der Waals surface area contributed by atoms with Crippen LogP contribution in [0.4, 0.5) is 0 Å². The molecule has 0 amide bonds. The van der Waals surface area contributed by atoms with Crippen LogP contribution in [0.1, 0.15) is 56.4 Å². The second-order valence-electron chi connectivity index (χ2n) is 17.4. The van der Waals surface area contributed by atoms with Crippen molar-refractivity contribution in [1.29, 1.82) is 0 Å². The Bertz CT molecular complexity index is 2480. The molecule has 12 nitrogen and oxygen atoms in total. The number of pyridine rings is 6. The highest BCUT2D eigenvalue weighted by molar-refractivity contribution is 5.79. The third kappa shape index (κ3) is 13.9. The number of nitrogens with zero attached hydrogens (tertiary/aromatic N) is 10. The monoisotopic (exact) mass is 904 g/mol. The van der Waals surface area contributed by atoms with Gasteiger partial charge in [-0.3, -0.25) is 49.5 Å². The fourth-order valence-electron chi connectivity index (χ4n) is 8.59. The van der Waals surface area contributed by atoms with Gasteiger partial charge in [-0.15, -0.1) is 0 Å². The SMILES string of the molecule is Cc1cc(CN(CCN(Cc2ccccn2)Cc2ccccn2)Cc2ccccn2)c(O)c(-c2cc(C)cc(CN(CCN(Cc3ccccn3)Cc3ccccn3)Cc3ccccn3)c2O)c1. The number of phenolic OH excluding ortho intramolecular Hbond substituents is 2. The van der Waals surface area contributed by atoms with Crippen molar-refractivity contribution in [3.05, 3.63) is 227 Å². The van der Waals surface area contributed by atoms with Crippen LogP contribution in [-0.2, 0) is 52.4 Å². The van der Waals surface area contributed by atoms with Gasteiger partial charge in [-0.2, -0.15) is 0 Å². The third-order valence-electron chi connectivity index (χ3n) is 11.9. The van der Waals surface area contributed by atoms with Gasteiger partial charge in [-0.25, -0.2) is 0 Å². The molecule has 6 heterocycles. The summed E-state index contributed by atoms with van der Waals surface area (Å²) in [5.74, 6) is 0.301.